The Bertz CT molecular complexity index is 608. The van der Waals surface area contributed by atoms with Crippen LogP contribution in [0.3, 0.4) is 0 Å². The van der Waals surface area contributed by atoms with Crippen LogP contribution >= 0.6 is 12.2 Å². The number of esters is 1. The number of hydrogen-bond donors (Lipinski definition) is 2. The first-order chi connectivity index (χ1) is 13.0. The molecule has 2 bridgehead atoms. The van der Waals surface area contributed by atoms with Crippen LogP contribution in [0.1, 0.15) is 48.0 Å². The lowest BCUT2D eigenvalue weighted by Crippen LogP contribution is -2.51. The van der Waals surface area contributed by atoms with Gasteiger partial charge in [0.25, 0.3) is 5.91 Å². The maximum absolute atomic E-state index is 13.1. The van der Waals surface area contributed by atoms with Crippen LogP contribution in [-0.4, -0.2) is 36.5 Å². The minimum atomic E-state index is -0.772. The summed E-state index contributed by atoms with van der Waals surface area (Å²) in [5.74, 6) is -1.04. The molecule has 0 aromatic carbocycles. The average molecular weight is 417 g/mol. The van der Waals surface area contributed by atoms with Gasteiger partial charge in [0.2, 0.25) is 5.91 Å². The van der Waals surface area contributed by atoms with Gasteiger partial charge in [-0.15, -0.1) is 4.33 Å². The zero-order chi connectivity index (χ0) is 21.2. The van der Waals surface area contributed by atoms with E-state index in [9.17, 15) is 14.4 Å². The van der Waals surface area contributed by atoms with Crippen LogP contribution in [-0.2, 0) is 28.3 Å². The first kappa shape index (κ1) is 23.0. The topological polar surface area (TPSA) is 103 Å². The summed E-state index contributed by atoms with van der Waals surface area (Å²) in [5.41, 5.74) is -0.611. The SMILES string of the molecule is COOSNC(=O)C(C)NC(=O)C1C2CC(C(C)C2C)C1C(=O)OC(C)(C)C. The first-order valence-corrected chi connectivity index (χ1v) is 10.4. The van der Waals surface area contributed by atoms with Gasteiger partial charge in [-0.3, -0.25) is 19.1 Å². The summed E-state index contributed by atoms with van der Waals surface area (Å²) >= 11 is 0.626. The van der Waals surface area contributed by atoms with Crippen molar-refractivity contribution in [3.63, 3.8) is 0 Å². The molecule has 0 aromatic heterocycles. The number of ether oxygens (including phenoxy) is 1. The predicted octanol–water partition coefficient (Wildman–Crippen LogP) is 2.24. The maximum atomic E-state index is 13.1. The average Bonchev–Trinajstić information content (AvgIpc) is 3.10. The van der Waals surface area contributed by atoms with Crippen molar-refractivity contribution in [1.82, 2.24) is 10.0 Å². The maximum Gasteiger partial charge on any atom is 0.310 e. The van der Waals surface area contributed by atoms with Gasteiger partial charge in [-0.25, -0.2) is 4.89 Å². The molecule has 8 nitrogen and oxygen atoms in total. The Hall–Kier alpha value is -1.32. The van der Waals surface area contributed by atoms with Crippen molar-refractivity contribution in [2.75, 3.05) is 7.11 Å². The Balaban J connectivity index is 2.10. The van der Waals surface area contributed by atoms with Gasteiger partial charge in [-0.05, 0) is 57.8 Å². The Morgan fingerprint density at radius 2 is 1.64 bits per heavy atom. The normalized spacial score (nSPS) is 32.7. The highest BCUT2D eigenvalue weighted by Crippen LogP contribution is 2.58. The molecular formula is C19H32N2O6S. The quantitative estimate of drug-likeness (QED) is 0.164. The van der Waals surface area contributed by atoms with Gasteiger partial charge in [0.05, 0.1) is 18.9 Å². The van der Waals surface area contributed by atoms with E-state index in [1.807, 2.05) is 20.8 Å². The van der Waals surface area contributed by atoms with Crippen molar-refractivity contribution in [3.8, 4) is 0 Å². The van der Waals surface area contributed by atoms with Crippen LogP contribution in [0.25, 0.3) is 0 Å². The smallest absolute Gasteiger partial charge is 0.310 e. The number of carbonyl (C=O) groups is 3. The third-order valence-electron chi connectivity index (χ3n) is 6.01. The zero-order valence-corrected chi connectivity index (χ0v) is 18.4. The van der Waals surface area contributed by atoms with Crippen LogP contribution in [0.15, 0.2) is 0 Å². The standard InChI is InChI=1S/C19H32N2O6S/c1-9-10(2)13-8-12(9)14(15(13)18(24)26-19(4,5)6)17(23)20-11(3)16(22)21-28-27-25-7/h9-15H,8H2,1-7H3,(H,20,23)(H,21,22). The summed E-state index contributed by atoms with van der Waals surface area (Å²) in [6.45, 7) is 11.3. The van der Waals surface area contributed by atoms with E-state index in [4.69, 9.17) is 4.74 Å². The molecule has 0 heterocycles. The molecule has 2 amide bonds. The third kappa shape index (κ3) is 4.99. The van der Waals surface area contributed by atoms with Gasteiger partial charge in [-0.1, -0.05) is 13.8 Å². The van der Waals surface area contributed by atoms with Crippen molar-refractivity contribution in [2.24, 2.45) is 35.5 Å². The Kier molecular flexibility index (Phi) is 7.38. The summed E-state index contributed by atoms with van der Waals surface area (Å²) in [4.78, 5) is 42.4. The summed E-state index contributed by atoms with van der Waals surface area (Å²) in [6.07, 6.45) is 0.836. The van der Waals surface area contributed by atoms with Crippen LogP contribution in [0.5, 0.6) is 0 Å². The van der Waals surface area contributed by atoms with E-state index >= 15 is 0 Å². The first-order valence-electron chi connectivity index (χ1n) is 9.67. The second-order valence-electron chi connectivity index (χ2n) is 8.88. The molecule has 2 N–H and O–H groups in total. The summed E-state index contributed by atoms with van der Waals surface area (Å²) in [7, 11) is 1.32. The lowest BCUT2D eigenvalue weighted by atomic mass is 9.69. The fourth-order valence-electron chi connectivity index (χ4n) is 4.61. The lowest BCUT2D eigenvalue weighted by molar-refractivity contribution is -0.167. The van der Waals surface area contributed by atoms with E-state index in [-0.39, 0.29) is 23.7 Å². The van der Waals surface area contributed by atoms with Gasteiger partial charge in [0.1, 0.15) is 11.6 Å². The molecule has 2 fully saturated rings. The van der Waals surface area contributed by atoms with Crippen molar-refractivity contribution in [2.45, 2.75) is 59.6 Å². The van der Waals surface area contributed by atoms with Crippen LogP contribution in [0.2, 0.25) is 0 Å². The van der Waals surface area contributed by atoms with Crippen LogP contribution < -0.4 is 10.0 Å². The predicted molar refractivity (Wildman–Crippen MR) is 104 cm³/mol. The molecule has 0 saturated heterocycles. The molecule has 2 aliphatic carbocycles. The molecular weight excluding hydrogens is 384 g/mol. The summed E-state index contributed by atoms with van der Waals surface area (Å²) in [6, 6.07) is -0.772. The molecule has 0 aliphatic heterocycles. The molecule has 0 aromatic rings. The molecule has 7 unspecified atom stereocenters. The third-order valence-corrected chi connectivity index (χ3v) is 6.50. The fraction of sp³-hybridized carbons (Fsp3) is 0.842. The molecule has 160 valence electrons. The second-order valence-corrected chi connectivity index (χ2v) is 9.39. The second kappa shape index (κ2) is 9.00. The van der Waals surface area contributed by atoms with Crippen LogP contribution in [0, 0.1) is 35.5 Å². The number of rotatable bonds is 7. The zero-order valence-electron chi connectivity index (χ0n) is 17.6. The van der Waals surface area contributed by atoms with Gasteiger partial charge in [0.15, 0.2) is 12.2 Å². The molecule has 7 atom stereocenters. The van der Waals surface area contributed by atoms with Crippen molar-refractivity contribution in [3.05, 3.63) is 0 Å². The van der Waals surface area contributed by atoms with Crippen molar-refractivity contribution < 1.29 is 28.3 Å². The van der Waals surface area contributed by atoms with Crippen molar-refractivity contribution >= 4 is 30.0 Å². The minimum Gasteiger partial charge on any atom is -0.460 e. The largest absolute Gasteiger partial charge is 0.460 e. The molecule has 28 heavy (non-hydrogen) atoms. The van der Waals surface area contributed by atoms with E-state index in [1.54, 1.807) is 6.92 Å². The number of hydrogen-bond acceptors (Lipinski definition) is 7. The highest BCUT2D eigenvalue weighted by Gasteiger charge is 2.60. The molecule has 2 aliphatic rings. The fourth-order valence-corrected chi connectivity index (χ4v) is 4.97. The summed E-state index contributed by atoms with van der Waals surface area (Å²) in [5, 5.41) is 2.75. The van der Waals surface area contributed by atoms with Gasteiger partial charge in [-0.2, -0.15) is 0 Å². The van der Waals surface area contributed by atoms with Crippen molar-refractivity contribution in [1.29, 1.82) is 0 Å². The molecule has 2 rings (SSSR count). The Morgan fingerprint density at radius 3 is 2.18 bits per heavy atom. The monoisotopic (exact) mass is 416 g/mol. The Morgan fingerprint density at radius 1 is 1.07 bits per heavy atom. The van der Waals surface area contributed by atoms with E-state index in [2.05, 4.69) is 33.1 Å². The van der Waals surface area contributed by atoms with E-state index < -0.39 is 29.4 Å². The van der Waals surface area contributed by atoms with Crippen LogP contribution in [0.4, 0.5) is 0 Å². The van der Waals surface area contributed by atoms with Gasteiger partial charge in [0, 0.05) is 0 Å². The van der Waals surface area contributed by atoms with Gasteiger partial charge < -0.3 is 10.1 Å². The summed E-state index contributed by atoms with van der Waals surface area (Å²) < 4.78 is 12.6. The molecule has 2 saturated carbocycles. The number of fused-ring (bicyclic) bond motifs is 2. The van der Waals surface area contributed by atoms with E-state index in [0.717, 1.165) is 6.42 Å². The number of amides is 2. The molecule has 0 radical (unpaired) electrons. The lowest BCUT2D eigenvalue weighted by Gasteiger charge is -2.37. The van der Waals surface area contributed by atoms with E-state index in [1.165, 1.54) is 7.11 Å². The highest BCUT2D eigenvalue weighted by molar-refractivity contribution is 7.93. The minimum absolute atomic E-state index is 0.110. The highest BCUT2D eigenvalue weighted by atomic mass is 32.2. The molecule has 9 heteroatoms. The number of carbonyl (C=O) groups excluding carboxylic acids is 3. The number of nitrogens with one attached hydrogen (secondary N) is 2. The molecule has 0 spiro atoms. The van der Waals surface area contributed by atoms with Gasteiger partial charge >= 0.3 is 5.97 Å². The Labute approximate surface area is 171 Å². The van der Waals surface area contributed by atoms with E-state index in [0.29, 0.717) is 24.1 Å².